The molecule has 0 fully saturated rings. The predicted molar refractivity (Wildman–Crippen MR) is 68.4 cm³/mol. The molecule has 0 unspecified atom stereocenters. The van der Waals surface area contributed by atoms with Gasteiger partial charge >= 0.3 is 0 Å². The first-order chi connectivity index (χ1) is 7.72. The fraction of sp³-hybridized carbons (Fsp3) is 0.364. The summed E-state index contributed by atoms with van der Waals surface area (Å²) in [6.45, 7) is 0.692. The van der Waals surface area contributed by atoms with Crippen LogP contribution in [-0.4, -0.2) is 24.4 Å². The van der Waals surface area contributed by atoms with Crippen molar-refractivity contribution in [2.24, 2.45) is 0 Å². The van der Waals surface area contributed by atoms with E-state index in [1.807, 2.05) is 0 Å². The lowest BCUT2D eigenvalue weighted by Gasteiger charge is -2.06. The molecule has 16 heavy (non-hydrogen) atoms. The molecule has 1 aromatic rings. The number of hydrogen-bond acceptors (Lipinski definition) is 2. The summed E-state index contributed by atoms with van der Waals surface area (Å²) in [6.07, 6.45) is 0.909. The number of ether oxygens (including phenoxy) is 1. The van der Waals surface area contributed by atoms with Crippen LogP contribution in [0, 0.1) is 0 Å². The second-order valence-electron chi connectivity index (χ2n) is 3.14. The quantitative estimate of drug-likeness (QED) is 0.648. The summed E-state index contributed by atoms with van der Waals surface area (Å²) in [5.74, 6) is 0.524. The van der Waals surface area contributed by atoms with Gasteiger partial charge in [0.05, 0.1) is 0 Å². The van der Waals surface area contributed by atoms with E-state index in [-0.39, 0.29) is 12.5 Å². The first-order valence-corrected chi connectivity index (χ1v) is 6.43. The van der Waals surface area contributed by atoms with E-state index < -0.39 is 0 Å². The van der Waals surface area contributed by atoms with Gasteiger partial charge < -0.3 is 10.1 Å². The van der Waals surface area contributed by atoms with Gasteiger partial charge in [-0.05, 0) is 30.7 Å². The molecule has 0 radical (unpaired) electrons. The number of halogens is 2. The Balaban J connectivity index is 2.23. The minimum atomic E-state index is -0.115. The molecule has 0 spiro atoms. The van der Waals surface area contributed by atoms with Crippen LogP contribution in [0.2, 0.25) is 5.02 Å². The monoisotopic (exact) mass is 305 g/mol. The number of hydrogen-bond donors (Lipinski definition) is 1. The molecule has 0 bridgehead atoms. The topological polar surface area (TPSA) is 38.3 Å². The third-order valence-electron chi connectivity index (χ3n) is 1.82. The van der Waals surface area contributed by atoms with Crippen molar-refractivity contribution in [3.8, 4) is 5.75 Å². The highest BCUT2D eigenvalue weighted by atomic mass is 79.9. The fourth-order valence-electron chi connectivity index (χ4n) is 1.03. The lowest BCUT2D eigenvalue weighted by atomic mass is 10.3. The van der Waals surface area contributed by atoms with Crippen molar-refractivity contribution in [1.29, 1.82) is 0 Å². The average Bonchev–Trinajstić information content (AvgIpc) is 2.29. The zero-order chi connectivity index (χ0) is 11.8. The summed E-state index contributed by atoms with van der Waals surface area (Å²) in [6, 6.07) is 6.90. The van der Waals surface area contributed by atoms with Gasteiger partial charge in [0.15, 0.2) is 6.61 Å². The Morgan fingerprint density at radius 1 is 1.38 bits per heavy atom. The van der Waals surface area contributed by atoms with Crippen molar-refractivity contribution in [3.63, 3.8) is 0 Å². The summed E-state index contributed by atoms with van der Waals surface area (Å²) in [5, 5.41) is 4.27. The van der Waals surface area contributed by atoms with E-state index in [0.29, 0.717) is 17.3 Å². The van der Waals surface area contributed by atoms with Gasteiger partial charge in [-0.15, -0.1) is 0 Å². The van der Waals surface area contributed by atoms with Gasteiger partial charge in [0.25, 0.3) is 5.91 Å². The van der Waals surface area contributed by atoms with Crippen molar-refractivity contribution in [3.05, 3.63) is 29.3 Å². The molecule has 0 aliphatic carbocycles. The van der Waals surface area contributed by atoms with Gasteiger partial charge in [-0.3, -0.25) is 4.79 Å². The zero-order valence-electron chi connectivity index (χ0n) is 8.71. The lowest BCUT2D eigenvalue weighted by Crippen LogP contribution is -2.29. The van der Waals surface area contributed by atoms with Gasteiger partial charge in [-0.1, -0.05) is 27.5 Å². The maximum atomic E-state index is 11.3. The first kappa shape index (κ1) is 13.3. The molecule has 0 saturated carbocycles. The van der Waals surface area contributed by atoms with Gasteiger partial charge in [-0.2, -0.15) is 0 Å². The SMILES string of the molecule is O=C(COc1ccc(Cl)cc1)NCCCBr. The van der Waals surface area contributed by atoms with Crippen LogP contribution in [0.5, 0.6) is 5.75 Å². The molecule has 1 amide bonds. The van der Waals surface area contributed by atoms with Crippen LogP contribution in [0.4, 0.5) is 0 Å². The molecule has 3 nitrogen and oxygen atoms in total. The Hall–Kier alpha value is -0.740. The summed E-state index contributed by atoms with van der Waals surface area (Å²) in [5.41, 5.74) is 0. The first-order valence-electron chi connectivity index (χ1n) is 4.93. The molecule has 88 valence electrons. The van der Waals surface area contributed by atoms with Gasteiger partial charge in [0.1, 0.15) is 5.75 Å². The maximum Gasteiger partial charge on any atom is 0.257 e. The van der Waals surface area contributed by atoms with E-state index in [9.17, 15) is 4.79 Å². The van der Waals surface area contributed by atoms with Crippen molar-refractivity contribution < 1.29 is 9.53 Å². The third kappa shape index (κ3) is 5.37. The highest BCUT2D eigenvalue weighted by molar-refractivity contribution is 9.09. The summed E-state index contributed by atoms with van der Waals surface area (Å²) in [4.78, 5) is 11.3. The average molecular weight is 307 g/mol. The molecule has 1 rings (SSSR count). The number of alkyl halides is 1. The Morgan fingerprint density at radius 2 is 2.06 bits per heavy atom. The highest BCUT2D eigenvalue weighted by Gasteiger charge is 2.01. The Morgan fingerprint density at radius 3 is 2.69 bits per heavy atom. The van der Waals surface area contributed by atoms with E-state index in [4.69, 9.17) is 16.3 Å². The Bertz CT molecular complexity index is 329. The molecule has 0 heterocycles. The number of amides is 1. The number of nitrogens with one attached hydrogen (secondary N) is 1. The van der Waals surface area contributed by atoms with Crippen LogP contribution in [0.25, 0.3) is 0 Å². The molecule has 0 aliphatic rings. The number of carbonyl (C=O) groups is 1. The van der Waals surface area contributed by atoms with Gasteiger partial charge in [-0.25, -0.2) is 0 Å². The van der Waals surface area contributed by atoms with E-state index in [2.05, 4.69) is 21.2 Å². The molecule has 1 N–H and O–H groups in total. The normalized spacial score (nSPS) is 9.88. The van der Waals surface area contributed by atoms with E-state index in [1.165, 1.54) is 0 Å². The van der Waals surface area contributed by atoms with Crippen LogP contribution >= 0.6 is 27.5 Å². The lowest BCUT2D eigenvalue weighted by molar-refractivity contribution is -0.123. The molecular formula is C11H13BrClNO2. The zero-order valence-corrected chi connectivity index (χ0v) is 11.1. The van der Waals surface area contributed by atoms with Gasteiger partial charge in [0, 0.05) is 16.9 Å². The molecule has 0 aromatic heterocycles. The third-order valence-corrected chi connectivity index (χ3v) is 2.63. The number of benzene rings is 1. The van der Waals surface area contributed by atoms with Crippen molar-refractivity contribution >= 4 is 33.4 Å². The highest BCUT2D eigenvalue weighted by Crippen LogP contribution is 2.15. The summed E-state index contributed by atoms with van der Waals surface area (Å²) in [7, 11) is 0. The smallest absolute Gasteiger partial charge is 0.257 e. The second-order valence-corrected chi connectivity index (χ2v) is 4.36. The second kappa shape index (κ2) is 7.52. The van der Waals surface area contributed by atoms with Crippen LogP contribution in [-0.2, 0) is 4.79 Å². The minimum absolute atomic E-state index is 0.0317. The van der Waals surface area contributed by atoms with E-state index in [0.717, 1.165) is 11.8 Å². The number of carbonyl (C=O) groups excluding carboxylic acids is 1. The largest absolute Gasteiger partial charge is 0.484 e. The van der Waals surface area contributed by atoms with Crippen LogP contribution < -0.4 is 10.1 Å². The summed E-state index contributed by atoms with van der Waals surface area (Å²) < 4.78 is 5.27. The molecular weight excluding hydrogens is 293 g/mol. The standard InChI is InChI=1S/C11H13BrClNO2/c12-6-1-7-14-11(15)8-16-10-4-2-9(13)3-5-10/h2-5H,1,6-8H2,(H,14,15). The summed E-state index contributed by atoms with van der Waals surface area (Å²) >= 11 is 9.01. The van der Waals surface area contributed by atoms with E-state index in [1.54, 1.807) is 24.3 Å². The Kier molecular flexibility index (Phi) is 6.26. The van der Waals surface area contributed by atoms with Crippen LogP contribution in [0.1, 0.15) is 6.42 Å². The minimum Gasteiger partial charge on any atom is -0.484 e. The van der Waals surface area contributed by atoms with Crippen LogP contribution in [0.15, 0.2) is 24.3 Å². The van der Waals surface area contributed by atoms with E-state index >= 15 is 0 Å². The van der Waals surface area contributed by atoms with Crippen LogP contribution in [0.3, 0.4) is 0 Å². The number of rotatable bonds is 6. The van der Waals surface area contributed by atoms with Crippen molar-refractivity contribution in [1.82, 2.24) is 5.32 Å². The predicted octanol–water partition coefficient (Wildman–Crippen LogP) is 2.62. The fourth-order valence-corrected chi connectivity index (χ4v) is 1.43. The molecule has 1 aromatic carbocycles. The van der Waals surface area contributed by atoms with Crippen molar-refractivity contribution in [2.45, 2.75) is 6.42 Å². The van der Waals surface area contributed by atoms with Gasteiger partial charge in [0.2, 0.25) is 0 Å². The molecule has 5 heteroatoms. The van der Waals surface area contributed by atoms with Crippen molar-refractivity contribution in [2.75, 3.05) is 18.5 Å². The molecule has 0 aliphatic heterocycles. The molecule has 0 atom stereocenters. The Labute approximate surface area is 108 Å². The molecule has 0 saturated heterocycles. The maximum absolute atomic E-state index is 11.3.